The molecular weight excluding hydrogens is 236 g/mol. The number of nitrogens with zero attached hydrogens (tertiary/aromatic N) is 2. The summed E-state index contributed by atoms with van der Waals surface area (Å²) in [6.07, 6.45) is 0.0460. The molecule has 1 aliphatic heterocycles. The van der Waals surface area contributed by atoms with E-state index in [9.17, 15) is 4.79 Å². The van der Waals surface area contributed by atoms with E-state index in [1.807, 2.05) is 12.1 Å². The summed E-state index contributed by atoms with van der Waals surface area (Å²) >= 11 is 1.68. The summed E-state index contributed by atoms with van der Waals surface area (Å²) < 4.78 is 0. The summed E-state index contributed by atoms with van der Waals surface area (Å²) in [5.41, 5.74) is 0.646. The van der Waals surface area contributed by atoms with Gasteiger partial charge in [-0.15, -0.1) is 11.8 Å². The van der Waals surface area contributed by atoms with Crippen LogP contribution in [0.25, 0.3) is 0 Å². The Morgan fingerprint density at radius 2 is 2.18 bits per heavy atom. The highest BCUT2D eigenvalue weighted by molar-refractivity contribution is 8.00. The van der Waals surface area contributed by atoms with Crippen molar-refractivity contribution in [2.45, 2.75) is 16.6 Å². The minimum Gasteiger partial charge on any atom is -0.465 e. The molecule has 1 aliphatic rings. The van der Waals surface area contributed by atoms with E-state index in [2.05, 4.69) is 6.07 Å². The standard InChI is InChI=1S/C12H12N2O2S/c13-7-9-1-3-10(4-2-9)17-11-5-6-14(8-11)12(15)16/h1-4,11H,5-6,8H2,(H,15,16)/t11-/m1/s1. The molecule has 0 aromatic heterocycles. The van der Waals surface area contributed by atoms with Crippen LogP contribution in [0.4, 0.5) is 4.79 Å². The van der Waals surface area contributed by atoms with Crippen LogP contribution in [0.15, 0.2) is 29.2 Å². The second kappa shape index (κ2) is 5.11. The average Bonchev–Trinajstić information content (AvgIpc) is 2.79. The number of nitriles is 1. The van der Waals surface area contributed by atoms with Crippen molar-refractivity contribution in [1.29, 1.82) is 5.26 Å². The molecule has 0 radical (unpaired) electrons. The van der Waals surface area contributed by atoms with Crippen molar-refractivity contribution in [2.24, 2.45) is 0 Å². The first-order valence-electron chi connectivity index (χ1n) is 5.34. The first kappa shape index (κ1) is 11.8. The zero-order chi connectivity index (χ0) is 12.3. The average molecular weight is 248 g/mol. The molecule has 2 rings (SSSR count). The van der Waals surface area contributed by atoms with Crippen LogP contribution in [-0.4, -0.2) is 34.4 Å². The fourth-order valence-corrected chi connectivity index (χ4v) is 2.95. The Labute approximate surface area is 104 Å². The van der Waals surface area contributed by atoms with E-state index in [1.165, 1.54) is 4.90 Å². The number of benzene rings is 1. The minimum atomic E-state index is -0.840. The summed E-state index contributed by atoms with van der Waals surface area (Å²) in [6, 6.07) is 9.46. The van der Waals surface area contributed by atoms with Gasteiger partial charge in [-0.3, -0.25) is 0 Å². The summed E-state index contributed by atoms with van der Waals surface area (Å²) in [5.74, 6) is 0. The smallest absolute Gasteiger partial charge is 0.407 e. The molecule has 1 fully saturated rings. The third kappa shape index (κ3) is 2.92. The van der Waals surface area contributed by atoms with Crippen LogP contribution >= 0.6 is 11.8 Å². The number of carbonyl (C=O) groups is 1. The van der Waals surface area contributed by atoms with Crippen molar-refractivity contribution >= 4 is 17.9 Å². The molecule has 17 heavy (non-hydrogen) atoms. The molecule has 88 valence electrons. The number of rotatable bonds is 2. The van der Waals surface area contributed by atoms with Crippen LogP contribution in [0.3, 0.4) is 0 Å². The Balaban J connectivity index is 1.94. The lowest BCUT2D eigenvalue weighted by Gasteiger charge is -2.11. The Bertz CT molecular complexity index is 453. The monoisotopic (exact) mass is 248 g/mol. The summed E-state index contributed by atoms with van der Waals surface area (Å²) in [7, 11) is 0. The second-order valence-corrected chi connectivity index (χ2v) is 5.27. The molecule has 1 aromatic carbocycles. The highest BCUT2D eigenvalue weighted by atomic mass is 32.2. The van der Waals surface area contributed by atoms with Gasteiger partial charge in [-0.2, -0.15) is 5.26 Å². The van der Waals surface area contributed by atoms with Crippen LogP contribution in [0.2, 0.25) is 0 Å². The lowest BCUT2D eigenvalue weighted by Crippen LogP contribution is -2.26. The van der Waals surface area contributed by atoms with Crippen molar-refractivity contribution in [1.82, 2.24) is 4.90 Å². The lowest BCUT2D eigenvalue weighted by molar-refractivity contribution is 0.156. The van der Waals surface area contributed by atoms with Gasteiger partial charge in [0.15, 0.2) is 0 Å². The van der Waals surface area contributed by atoms with Gasteiger partial charge in [0.2, 0.25) is 0 Å². The third-order valence-electron chi connectivity index (χ3n) is 2.70. The molecular formula is C12H12N2O2S. The Hall–Kier alpha value is -1.67. The van der Waals surface area contributed by atoms with Crippen LogP contribution < -0.4 is 0 Å². The van der Waals surface area contributed by atoms with Crippen molar-refractivity contribution < 1.29 is 9.90 Å². The maximum Gasteiger partial charge on any atom is 0.407 e. The number of likely N-dealkylation sites (tertiary alicyclic amines) is 1. The number of hydrogen-bond donors (Lipinski definition) is 1. The zero-order valence-electron chi connectivity index (χ0n) is 9.17. The molecule has 1 saturated heterocycles. The largest absolute Gasteiger partial charge is 0.465 e. The van der Waals surface area contributed by atoms with E-state index < -0.39 is 6.09 Å². The summed E-state index contributed by atoms with van der Waals surface area (Å²) in [5, 5.41) is 17.8. The van der Waals surface area contributed by atoms with E-state index in [1.54, 1.807) is 23.9 Å². The molecule has 1 N–H and O–H groups in total. The first-order valence-corrected chi connectivity index (χ1v) is 6.21. The van der Waals surface area contributed by atoms with Crippen molar-refractivity contribution in [3.8, 4) is 6.07 Å². The lowest BCUT2D eigenvalue weighted by atomic mass is 10.2. The van der Waals surface area contributed by atoms with Gasteiger partial charge < -0.3 is 10.0 Å². The van der Waals surface area contributed by atoms with Crippen LogP contribution in [0, 0.1) is 11.3 Å². The molecule has 1 heterocycles. The SMILES string of the molecule is N#Cc1ccc(S[C@@H]2CCN(C(=O)O)C2)cc1. The van der Waals surface area contributed by atoms with E-state index >= 15 is 0 Å². The Morgan fingerprint density at radius 3 is 2.71 bits per heavy atom. The quantitative estimate of drug-likeness (QED) is 0.872. The molecule has 4 nitrogen and oxygen atoms in total. The van der Waals surface area contributed by atoms with Gasteiger partial charge in [-0.25, -0.2) is 4.79 Å². The highest BCUT2D eigenvalue weighted by Crippen LogP contribution is 2.29. The maximum absolute atomic E-state index is 10.8. The molecule has 1 amide bonds. The summed E-state index contributed by atoms with van der Waals surface area (Å²) in [6.45, 7) is 1.20. The predicted octanol–water partition coefficient (Wildman–Crippen LogP) is 2.40. The number of thioether (sulfide) groups is 1. The topological polar surface area (TPSA) is 64.3 Å². The van der Waals surface area contributed by atoms with Gasteiger partial charge in [-0.1, -0.05) is 0 Å². The number of amides is 1. The van der Waals surface area contributed by atoms with Gasteiger partial charge in [0.05, 0.1) is 11.6 Å². The van der Waals surface area contributed by atoms with Crippen molar-refractivity contribution in [3.05, 3.63) is 29.8 Å². The van der Waals surface area contributed by atoms with E-state index in [-0.39, 0.29) is 0 Å². The first-order chi connectivity index (χ1) is 8.19. The van der Waals surface area contributed by atoms with E-state index in [4.69, 9.17) is 10.4 Å². The molecule has 0 aliphatic carbocycles. The van der Waals surface area contributed by atoms with Crippen LogP contribution in [-0.2, 0) is 0 Å². The van der Waals surface area contributed by atoms with Gasteiger partial charge >= 0.3 is 6.09 Å². The molecule has 1 aromatic rings. The molecule has 0 saturated carbocycles. The van der Waals surface area contributed by atoms with Crippen LogP contribution in [0.1, 0.15) is 12.0 Å². The zero-order valence-corrected chi connectivity index (χ0v) is 9.98. The fourth-order valence-electron chi connectivity index (χ4n) is 1.80. The van der Waals surface area contributed by atoms with E-state index in [0.717, 1.165) is 11.3 Å². The van der Waals surface area contributed by atoms with Crippen LogP contribution in [0.5, 0.6) is 0 Å². The van der Waals surface area contributed by atoms with Crippen molar-refractivity contribution in [2.75, 3.05) is 13.1 Å². The van der Waals surface area contributed by atoms with E-state index in [0.29, 0.717) is 23.9 Å². The van der Waals surface area contributed by atoms with Gasteiger partial charge in [-0.05, 0) is 30.7 Å². The third-order valence-corrected chi connectivity index (χ3v) is 3.96. The van der Waals surface area contributed by atoms with Gasteiger partial charge in [0.25, 0.3) is 0 Å². The molecule has 0 spiro atoms. The second-order valence-electron chi connectivity index (χ2n) is 3.89. The predicted molar refractivity (Wildman–Crippen MR) is 65.0 cm³/mol. The summed E-state index contributed by atoms with van der Waals surface area (Å²) in [4.78, 5) is 13.3. The van der Waals surface area contributed by atoms with Crippen molar-refractivity contribution in [3.63, 3.8) is 0 Å². The maximum atomic E-state index is 10.8. The normalized spacial score (nSPS) is 19.0. The number of hydrogen-bond acceptors (Lipinski definition) is 3. The molecule has 0 unspecified atom stereocenters. The number of carboxylic acid groups (broad SMARTS) is 1. The minimum absolute atomic E-state index is 0.319. The van der Waals surface area contributed by atoms with Gasteiger partial charge in [0, 0.05) is 23.2 Å². The molecule has 5 heteroatoms. The Morgan fingerprint density at radius 1 is 1.47 bits per heavy atom. The highest BCUT2D eigenvalue weighted by Gasteiger charge is 2.26. The van der Waals surface area contributed by atoms with Gasteiger partial charge in [0.1, 0.15) is 0 Å². The fraction of sp³-hybridized carbons (Fsp3) is 0.333. The molecule has 1 atom stereocenters. The Kier molecular flexibility index (Phi) is 3.55. The molecule has 0 bridgehead atoms.